The lowest BCUT2D eigenvalue weighted by Crippen LogP contribution is -2.03. The number of nitrogens with two attached hydrogens (primary N) is 1. The number of phenols is 2. The number of carbonyl (C=O) groups is 1. The molecule has 0 heterocycles. The lowest BCUT2D eigenvalue weighted by molar-refractivity contribution is -0.136. The minimum atomic E-state index is -1.04. The third-order valence-corrected chi connectivity index (χ3v) is 1.63. The number of benzene rings is 1. The van der Waals surface area contributed by atoms with Crippen LogP contribution in [0, 0.1) is 0 Å². The molecular formula is C8H9NO4. The summed E-state index contributed by atoms with van der Waals surface area (Å²) in [5.74, 6) is -1.87. The van der Waals surface area contributed by atoms with E-state index in [0.717, 1.165) is 0 Å². The Morgan fingerprint density at radius 2 is 2.00 bits per heavy atom. The minimum Gasteiger partial charge on any atom is -0.504 e. The van der Waals surface area contributed by atoms with Gasteiger partial charge >= 0.3 is 5.97 Å². The predicted octanol–water partition coefficient (Wildman–Crippen LogP) is 0.307. The van der Waals surface area contributed by atoms with Crippen molar-refractivity contribution in [2.24, 2.45) is 0 Å². The van der Waals surface area contributed by atoms with Gasteiger partial charge in [0, 0.05) is 0 Å². The summed E-state index contributed by atoms with van der Waals surface area (Å²) in [5.41, 5.74) is 5.54. The van der Waals surface area contributed by atoms with Crippen LogP contribution in [0.15, 0.2) is 12.1 Å². The van der Waals surface area contributed by atoms with E-state index >= 15 is 0 Å². The van der Waals surface area contributed by atoms with Crippen LogP contribution in [0.1, 0.15) is 5.56 Å². The first-order valence-corrected chi connectivity index (χ1v) is 3.53. The van der Waals surface area contributed by atoms with Gasteiger partial charge in [0.1, 0.15) is 0 Å². The number of carboxylic acid groups (broad SMARTS) is 1. The van der Waals surface area contributed by atoms with Crippen molar-refractivity contribution in [2.45, 2.75) is 6.42 Å². The summed E-state index contributed by atoms with van der Waals surface area (Å²) in [6, 6.07) is 2.56. The summed E-state index contributed by atoms with van der Waals surface area (Å²) in [6.07, 6.45) is -0.278. The highest BCUT2D eigenvalue weighted by Gasteiger charge is 2.10. The van der Waals surface area contributed by atoms with Crippen LogP contribution in [-0.2, 0) is 11.2 Å². The van der Waals surface area contributed by atoms with E-state index < -0.39 is 11.7 Å². The van der Waals surface area contributed by atoms with Gasteiger partial charge in [-0.05, 0) is 11.6 Å². The summed E-state index contributed by atoms with van der Waals surface area (Å²) in [4.78, 5) is 10.3. The Morgan fingerprint density at radius 1 is 1.38 bits per heavy atom. The van der Waals surface area contributed by atoms with E-state index in [1.165, 1.54) is 12.1 Å². The topological polar surface area (TPSA) is 104 Å². The Bertz CT molecular complexity index is 348. The molecule has 0 aliphatic heterocycles. The molecule has 5 heteroatoms. The normalized spacial score (nSPS) is 9.85. The zero-order valence-electron chi connectivity index (χ0n) is 6.69. The zero-order chi connectivity index (χ0) is 10.0. The predicted molar refractivity (Wildman–Crippen MR) is 45.5 cm³/mol. The standard InChI is InChI=1S/C8H9NO4/c9-7-4(3-6(11)12)1-2-5(10)8(7)13/h1-2,10,13H,3,9H2,(H,11,12). The maximum atomic E-state index is 10.3. The van der Waals surface area contributed by atoms with Crippen molar-refractivity contribution in [3.63, 3.8) is 0 Å². The average Bonchev–Trinajstić information content (AvgIpc) is 2.06. The van der Waals surface area contributed by atoms with Crippen LogP contribution in [0.25, 0.3) is 0 Å². The molecular weight excluding hydrogens is 174 g/mol. The molecule has 0 fully saturated rings. The quantitative estimate of drug-likeness (QED) is 0.390. The summed E-state index contributed by atoms with van der Waals surface area (Å²) in [6.45, 7) is 0. The molecule has 13 heavy (non-hydrogen) atoms. The summed E-state index contributed by atoms with van der Waals surface area (Å²) >= 11 is 0. The largest absolute Gasteiger partial charge is 0.504 e. The minimum absolute atomic E-state index is 0.0950. The third-order valence-electron chi connectivity index (χ3n) is 1.63. The highest BCUT2D eigenvalue weighted by molar-refractivity contribution is 5.75. The molecule has 0 amide bonds. The van der Waals surface area contributed by atoms with Crippen molar-refractivity contribution in [3.05, 3.63) is 17.7 Å². The van der Waals surface area contributed by atoms with Crippen LogP contribution in [0.4, 0.5) is 5.69 Å². The second kappa shape index (κ2) is 3.22. The second-order valence-electron chi connectivity index (χ2n) is 2.58. The van der Waals surface area contributed by atoms with Gasteiger partial charge in [-0.1, -0.05) is 6.07 Å². The van der Waals surface area contributed by atoms with Crippen LogP contribution in [0.3, 0.4) is 0 Å². The molecule has 0 aliphatic carbocycles. The van der Waals surface area contributed by atoms with Crippen LogP contribution in [-0.4, -0.2) is 21.3 Å². The van der Waals surface area contributed by atoms with Crippen molar-refractivity contribution in [1.82, 2.24) is 0 Å². The Hall–Kier alpha value is -1.91. The number of carboxylic acids is 1. The van der Waals surface area contributed by atoms with E-state index in [2.05, 4.69) is 0 Å². The van der Waals surface area contributed by atoms with E-state index in [1.807, 2.05) is 0 Å². The lowest BCUT2D eigenvalue weighted by atomic mass is 10.1. The zero-order valence-corrected chi connectivity index (χ0v) is 6.69. The first kappa shape index (κ1) is 9.18. The molecule has 0 radical (unpaired) electrons. The van der Waals surface area contributed by atoms with Crippen LogP contribution >= 0.6 is 0 Å². The van der Waals surface area contributed by atoms with E-state index in [0.29, 0.717) is 0 Å². The molecule has 5 nitrogen and oxygen atoms in total. The van der Waals surface area contributed by atoms with Gasteiger partial charge in [-0.25, -0.2) is 0 Å². The summed E-state index contributed by atoms with van der Waals surface area (Å²) in [5, 5.41) is 26.6. The van der Waals surface area contributed by atoms with Gasteiger partial charge in [-0.2, -0.15) is 0 Å². The molecule has 1 aromatic carbocycles. The fourth-order valence-corrected chi connectivity index (χ4v) is 0.955. The molecule has 0 atom stereocenters. The number of anilines is 1. The van der Waals surface area contributed by atoms with Gasteiger partial charge in [-0.3, -0.25) is 4.79 Å². The van der Waals surface area contributed by atoms with Gasteiger partial charge < -0.3 is 21.1 Å². The molecule has 0 saturated heterocycles. The molecule has 1 aromatic rings. The monoisotopic (exact) mass is 183 g/mol. The highest BCUT2D eigenvalue weighted by Crippen LogP contribution is 2.33. The molecule has 0 spiro atoms. The van der Waals surface area contributed by atoms with E-state index in [-0.39, 0.29) is 23.4 Å². The van der Waals surface area contributed by atoms with Crippen molar-refractivity contribution < 1.29 is 20.1 Å². The number of rotatable bonds is 2. The molecule has 0 aromatic heterocycles. The fraction of sp³-hybridized carbons (Fsp3) is 0.125. The SMILES string of the molecule is Nc1c(CC(=O)O)ccc(O)c1O. The summed E-state index contributed by atoms with van der Waals surface area (Å²) < 4.78 is 0. The molecule has 0 unspecified atom stereocenters. The smallest absolute Gasteiger partial charge is 0.307 e. The van der Waals surface area contributed by atoms with Gasteiger partial charge in [0.25, 0.3) is 0 Å². The van der Waals surface area contributed by atoms with Gasteiger partial charge in [-0.15, -0.1) is 0 Å². The number of aromatic hydroxyl groups is 2. The fourth-order valence-electron chi connectivity index (χ4n) is 0.955. The summed E-state index contributed by atoms with van der Waals surface area (Å²) in [7, 11) is 0. The molecule has 5 N–H and O–H groups in total. The van der Waals surface area contributed by atoms with Crippen molar-refractivity contribution in [3.8, 4) is 11.5 Å². The molecule has 1 rings (SSSR count). The number of hydrogen-bond acceptors (Lipinski definition) is 4. The van der Waals surface area contributed by atoms with Crippen LogP contribution in [0.2, 0.25) is 0 Å². The Kier molecular flexibility index (Phi) is 2.27. The number of phenolic OH excluding ortho intramolecular Hbond substituents is 2. The molecule has 0 aliphatic rings. The lowest BCUT2D eigenvalue weighted by Gasteiger charge is -2.05. The van der Waals surface area contributed by atoms with Gasteiger partial charge in [0.15, 0.2) is 11.5 Å². The van der Waals surface area contributed by atoms with Gasteiger partial charge in [0.2, 0.25) is 0 Å². The Labute approximate surface area is 74.0 Å². The Morgan fingerprint density at radius 3 is 2.54 bits per heavy atom. The number of aliphatic carboxylic acids is 1. The number of hydrogen-bond donors (Lipinski definition) is 4. The maximum Gasteiger partial charge on any atom is 0.307 e. The van der Waals surface area contributed by atoms with E-state index in [9.17, 15) is 4.79 Å². The van der Waals surface area contributed by atoms with Crippen LogP contribution < -0.4 is 5.73 Å². The van der Waals surface area contributed by atoms with Crippen LogP contribution in [0.5, 0.6) is 11.5 Å². The van der Waals surface area contributed by atoms with Crippen molar-refractivity contribution >= 4 is 11.7 Å². The van der Waals surface area contributed by atoms with E-state index in [4.69, 9.17) is 21.1 Å². The van der Waals surface area contributed by atoms with Gasteiger partial charge in [0.05, 0.1) is 12.1 Å². The van der Waals surface area contributed by atoms with E-state index in [1.54, 1.807) is 0 Å². The molecule has 0 saturated carbocycles. The maximum absolute atomic E-state index is 10.3. The molecule has 70 valence electrons. The highest BCUT2D eigenvalue weighted by atomic mass is 16.4. The first-order valence-electron chi connectivity index (χ1n) is 3.53. The first-order chi connectivity index (χ1) is 6.02. The van der Waals surface area contributed by atoms with Crippen molar-refractivity contribution in [2.75, 3.05) is 5.73 Å². The third kappa shape index (κ3) is 1.81. The number of nitrogen functional groups attached to an aromatic ring is 1. The molecule has 0 bridgehead atoms. The Balaban J connectivity index is 3.10. The average molecular weight is 183 g/mol. The second-order valence-corrected chi connectivity index (χ2v) is 2.58. The van der Waals surface area contributed by atoms with Crippen molar-refractivity contribution in [1.29, 1.82) is 0 Å².